The summed E-state index contributed by atoms with van der Waals surface area (Å²) < 4.78 is 5.21. The molecule has 0 bridgehead atoms. The van der Waals surface area contributed by atoms with Gasteiger partial charge in [0.25, 0.3) is 0 Å². The first-order valence-corrected chi connectivity index (χ1v) is 8.47. The molecule has 4 nitrogen and oxygen atoms in total. The number of amides is 1. The van der Waals surface area contributed by atoms with Crippen molar-refractivity contribution >= 4 is 22.6 Å². The third-order valence-electron chi connectivity index (χ3n) is 4.31. The molecule has 1 heterocycles. The van der Waals surface area contributed by atoms with Gasteiger partial charge in [0.2, 0.25) is 5.91 Å². The van der Waals surface area contributed by atoms with Gasteiger partial charge in [-0.1, -0.05) is 31.2 Å². The molecule has 3 rings (SSSR count). The van der Waals surface area contributed by atoms with Gasteiger partial charge in [-0.05, 0) is 48.6 Å². The van der Waals surface area contributed by atoms with E-state index in [4.69, 9.17) is 4.42 Å². The van der Waals surface area contributed by atoms with E-state index in [1.165, 1.54) is 11.6 Å². The number of rotatable bonds is 5. The van der Waals surface area contributed by atoms with Crippen LogP contribution < -0.4 is 10.9 Å². The Morgan fingerprint density at radius 2 is 1.76 bits per heavy atom. The second-order valence-corrected chi connectivity index (χ2v) is 6.18. The van der Waals surface area contributed by atoms with E-state index in [9.17, 15) is 9.59 Å². The highest BCUT2D eigenvalue weighted by Crippen LogP contribution is 2.21. The molecule has 0 radical (unpaired) electrons. The zero-order chi connectivity index (χ0) is 17.8. The first-order valence-electron chi connectivity index (χ1n) is 8.47. The lowest BCUT2D eigenvalue weighted by Gasteiger charge is -2.07. The van der Waals surface area contributed by atoms with Gasteiger partial charge in [0.1, 0.15) is 5.58 Å². The highest BCUT2D eigenvalue weighted by molar-refractivity contribution is 5.93. The first-order chi connectivity index (χ1) is 12.0. The molecule has 0 aliphatic heterocycles. The smallest absolute Gasteiger partial charge is 0.336 e. The molecule has 1 N–H and O–H groups in total. The quantitative estimate of drug-likeness (QED) is 0.710. The van der Waals surface area contributed by atoms with Crippen LogP contribution in [0.3, 0.4) is 0 Å². The fraction of sp³-hybridized carbons (Fsp3) is 0.238. The van der Waals surface area contributed by atoms with Gasteiger partial charge in [-0.15, -0.1) is 0 Å². The molecular formula is C21H21NO3. The van der Waals surface area contributed by atoms with Crippen molar-refractivity contribution in [2.24, 2.45) is 0 Å². The molecular weight excluding hydrogens is 314 g/mol. The number of carbonyl (C=O) groups is 1. The molecule has 25 heavy (non-hydrogen) atoms. The summed E-state index contributed by atoms with van der Waals surface area (Å²) in [7, 11) is 0. The summed E-state index contributed by atoms with van der Waals surface area (Å²) in [6.07, 6.45) is 2.11. The number of hydrogen-bond acceptors (Lipinski definition) is 3. The van der Waals surface area contributed by atoms with Crippen molar-refractivity contribution in [1.82, 2.24) is 0 Å². The molecule has 0 aliphatic rings. The fourth-order valence-corrected chi connectivity index (χ4v) is 2.83. The molecule has 0 aliphatic carbocycles. The van der Waals surface area contributed by atoms with Crippen molar-refractivity contribution in [3.05, 3.63) is 75.6 Å². The molecule has 3 aromatic rings. The Morgan fingerprint density at radius 3 is 2.48 bits per heavy atom. The molecule has 0 saturated carbocycles. The predicted octanol–water partition coefficient (Wildman–Crippen LogP) is 4.24. The Hall–Kier alpha value is -2.88. The van der Waals surface area contributed by atoms with Crippen LogP contribution in [0.1, 0.15) is 30.0 Å². The number of carbonyl (C=O) groups excluding carboxylic acids is 1. The number of hydrogen-bond donors (Lipinski definition) is 1. The van der Waals surface area contributed by atoms with E-state index in [1.54, 1.807) is 6.07 Å². The van der Waals surface area contributed by atoms with E-state index >= 15 is 0 Å². The van der Waals surface area contributed by atoms with Crippen LogP contribution in [-0.4, -0.2) is 5.91 Å². The maximum absolute atomic E-state index is 12.2. The molecule has 1 aromatic heterocycles. The van der Waals surface area contributed by atoms with Crippen molar-refractivity contribution in [3.63, 3.8) is 0 Å². The Bertz CT molecular complexity index is 955. The molecule has 4 heteroatoms. The van der Waals surface area contributed by atoms with E-state index in [-0.39, 0.29) is 11.5 Å². The molecule has 0 unspecified atom stereocenters. The predicted molar refractivity (Wildman–Crippen MR) is 100.0 cm³/mol. The lowest BCUT2D eigenvalue weighted by Crippen LogP contribution is -2.12. The van der Waals surface area contributed by atoms with E-state index < -0.39 is 0 Å². The Morgan fingerprint density at radius 1 is 1.04 bits per heavy atom. The second-order valence-electron chi connectivity index (χ2n) is 6.18. The zero-order valence-corrected chi connectivity index (χ0v) is 14.5. The van der Waals surface area contributed by atoms with Gasteiger partial charge in [-0.25, -0.2) is 4.79 Å². The van der Waals surface area contributed by atoms with E-state index in [0.29, 0.717) is 24.1 Å². The van der Waals surface area contributed by atoms with Crippen molar-refractivity contribution in [3.8, 4) is 0 Å². The van der Waals surface area contributed by atoms with Crippen LogP contribution in [-0.2, 0) is 17.6 Å². The van der Waals surface area contributed by atoms with Crippen molar-refractivity contribution < 1.29 is 9.21 Å². The summed E-state index contributed by atoms with van der Waals surface area (Å²) in [5.41, 5.74) is 4.03. The van der Waals surface area contributed by atoms with E-state index in [1.807, 2.05) is 19.1 Å². The number of benzene rings is 2. The molecule has 128 valence electrons. The monoisotopic (exact) mass is 335 g/mol. The Labute approximate surface area is 146 Å². The Balaban J connectivity index is 1.66. The van der Waals surface area contributed by atoms with Crippen molar-refractivity contribution in [2.75, 3.05) is 5.32 Å². The van der Waals surface area contributed by atoms with Crippen LogP contribution in [0.25, 0.3) is 11.0 Å². The number of fused-ring (bicyclic) bond motifs is 1. The lowest BCUT2D eigenvalue weighted by atomic mass is 10.1. The van der Waals surface area contributed by atoms with Crippen LogP contribution in [0.2, 0.25) is 0 Å². The minimum absolute atomic E-state index is 0.0612. The van der Waals surface area contributed by atoms with Crippen LogP contribution in [0, 0.1) is 6.92 Å². The molecule has 2 aromatic carbocycles. The molecule has 0 fully saturated rings. The highest BCUT2D eigenvalue weighted by atomic mass is 16.4. The Kier molecular flexibility index (Phi) is 4.98. The molecule has 0 atom stereocenters. The summed E-state index contributed by atoms with van der Waals surface area (Å²) in [4.78, 5) is 23.7. The van der Waals surface area contributed by atoms with Crippen LogP contribution in [0.15, 0.2) is 57.7 Å². The second kappa shape index (κ2) is 7.34. The maximum atomic E-state index is 12.2. The average Bonchev–Trinajstić information content (AvgIpc) is 2.60. The van der Waals surface area contributed by atoms with Gasteiger partial charge in [-0.3, -0.25) is 4.79 Å². The summed E-state index contributed by atoms with van der Waals surface area (Å²) in [6, 6.07) is 15.2. The van der Waals surface area contributed by atoms with Crippen LogP contribution in [0.4, 0.5) is 5.69 Å². The normalized spacial score (nSPS) is 10.8. The standard InChI is InChI=1S/C21H21NO3/c1-3-15-4-6-16(7-5-15)8-11-20(23)22-17-9-10-18-14(2)12-21(24)25-19(18)13-17/h4-7,9-10,12-13H,3,8,11H2,1-2H3,(H,22,23). The summed E-state index contributed by atoms with van der Waals surface area (Å²) in [5.74, 6) is -0.0612. The maximum Gasteiger partial charge on any atom is 0.336 e. The van der Waals surface area contributed by atoms with Gasteiger partial charge < -0.3 is 9.73 Å². The number of aryl methyl sites for hydroxylation is 3. The highest BCUT2D eigenvalue weighted by Gasteiger charge is 2.07. The summed E-state index contributed by atoms with van der Waals surface area (Å²) in [5, 5.41) is 3.73. The van der Waals surface area contributed by atoms with Crippen LogP contribution >= 0.6 is 0 Å². The summed E-state index contributed by atoms with van der Waals surface area (Å²) >= 11 is 0. The topological polar surface area (TPSA) is 59.3 Å². The van der Waals surface area contributed by atoms with E-state index in [0.717, 1.165) is 22.9 Å². The number of nitrogens with one attached hydrogen (secondary N) is 1. The van der Waals surface area contributed by atoms with Gasteiger partial charge in [0.15, 0.2) is 0 Å². The lowest BCUT2D eigenvalue weighted by molar-refractivity contribution is -0.116. The van der Waals surface area contributed by atoms with Gasteiger partial charge in [-0.2, -0.15) is 0 Å². The van der Waals surface area contributed by atoms with Gasteiger partial charge in [0.05, 0.1) is 0 Å². The number of anilines is 1. The molecule has 1 amide bonds. The van der Waals surface area contributed by atoms with Crippen molar-refractivity contribution in [2.45, 2.75) is 33.1 Å². The van der Waals surface area contributed by atoms with Gasteiger partial charge in [0, 0.05) is 29.6 Å². The third-order valence-corrected chi connectivity index (χ3v) is 4.31. The third kappa shape index (κ3) is 4.15. The fourth-order valence-electron chi connectivity index (χ4n) is 2.83. The minimum Gasteiger partial charge on any atom is -0.423 e. The van der Waals surface area contributed by atoms with Gasteiger partial charge >= 0.3 is 5.63 Å². The van der Waals surface area contributed by atoms with Crippen molar-refractivity contribution in [1.29, 1.82) is 0 Å². The first kappa shape index (κ1) is 17.0. The molecule has 0 spiro atoms. The zero-order valence-electron chi connectivity index (χ0n) is 14.5. The average molecular weight is 335 g/mol. The summed E-state index contributed by atoms with van der Waals surface area (Å²) in [6.45, 7) is 3.98. The SMILES string of the molecule is CCc1ccc(CCC(=O)Nc2ccc3c(C)cc(=O)oc3c2)cc1. The largest absolute Gasteiger partial charge is 0.423 e. The minimum atomic E-state index is -0.385. The van der Waals surface area contributed by atoms with Crippen LogP contribution in [0.5, 0.6) is 0 Å². The van der Waals surface area contributed by atoms with E-state index in [2.05, 4.69) is 36.5 Å². The molecule has 0 saturated heterocycles.